The van der Waals surface area contributed by atoms with E-state index in [9.17, 15) is 53.5 Å². The first-order valence-corrected chi connectivity index (χ1v) is 53.2. The Kier molecular flexibility index (Phi) is 57.2. The average molecular weight is 2110 g/mol. The number of rotatable bonds is 30. The number of thiazole rings is 1. The van der Waals surface area contributed by atoms with Gasteiger partial charge < -0.3 is 47.4 Å². The number of aromatic hydroxyl groups is 2. The van der Waals surface area contributed by atoms with E-state index < -0.39 is 62.9 Å². The Hall–Kier alpha value is -9.88. The third-order valence-electron chi connectivity index (χ3n) is 23.5. The van der Waals surface area contributed by atoms with Crippen LogP contribution in [0.1, 0.15) is 341 Å². The number of alkyl halides is 3. The van der Waals surface area contributed by atoms with Crippen molar-refractivity contribution < 1.29 is 114 Å². The highest BCUT2D eigenvalue weighted by Crippen LogP contribution is 2.35. The quantitative estimate of drug-likeness (QED) is 0.0139. The van der Waals surface area contributed by atoms with E-state index in [2.05, 4.69) is 151 Å². The lowest BCUT2D eigenvalue weighted by Gasteiger charge is -2.33. The molecule has 9 unspecified atom stereocenters. The van der Waals surface area contributed by atoms with Gasteiger partial charge in [-0.1, -0.05) is 239 Å². The zero-order chi connectivity index (χ0) is 104. The number of ether oxygens (including phenoxy) is 5. The van der Waals surface area contributed by atoms with Crippen LogP contribution in [0.15, 0.2) is 263 Å². The molecule has 0 amide bonds. The summed E-state index contributed by atoms with van der Waals surface area (Å²) in [4.78, 5) is 45.0. The van der Waals surface area contributed by atoms with Gasteiger partial charge >= 0.3 is 23.2 Å². The second kappa shape index (κ2) is 64.5. The fraction of sp³-hybridized carbons (Fsp3) is 0.438. The summed E-state index contributed by atoms with van der Waals surface area (Å²) in [6, 6.07) is 71.6. The van der Waals surface area contributed by atoms with Crippen molar-refractivity contribution in [2.45, 2.75) is 308 Å². The molecule has 0 spiro atoms. The Balaban J connectivity index is 0.000000405. The smallest absolute Gasteiger partial charge is 0.364 e. The highest BCUT2D eigenvalue weighted by Gasteiger charge is 2.47. The maximum atomic E-state index is 13.2. The van der Waals surface area contributed by atoms with E-state index in [1.165, 1.54) is 55.8 Å². The molecule has 1 aliphatic carbocycles. The molecule has 2 N–H and O–H groups in total. The molecule has 0 saturated heterocycles. The minimum atomic E-state index is -6.13. The molecule has 762 valence electrons. The third kappa shape index (κ3) is 48.0. The Morgan fingerprint density at radius 2 is 0.950 bits per heavy atom. The molecular formula is C112H150F3IN2O17S4. The van der Waals surface area contributed by atoms with Gasteiger partial charge in [-0.2, -0.15) is 8.78 Å². The van der Waals surface area contributed by atoms with E-state index in [0.29, 0.717) is 75.7 Å². The molecule has 0 radical (unpaired) electrons. The van der Waals surface area contributed by atoms with Crippen molar-refractivity contribution in [3.8, 4) is 34.3 Å². The van der Waals surface area contributed by atoms with Crippen LogP contribution in [-0.2, 0) is 51.9 Å². The predicted octanol–water partition coefficient (Wildman–Crippen LogP) is 25.9. The van der Waals surface area contributed by atoms with Crippen LogP contribution >= 0.6 is 11.3 Å². The second-order valence-electron chi connectivity index (χ2n) is 35.5. The van der Waals surface area contributed by atoms with Crippen LogP contribution in [0.5, 0.6) is 23.0 Å². The normalized spacial score (nSPS) is 13.8. The topological polar surface area (TPSA) is 291 Å². The van der Waals surface area contributed by atoms with Crippen LogP contribution in [0.2, 0.25) is 0 Å². The minimum absolute atomic E-state index is 0.162. The molecule has 1 aliphatic rings. The monoisotopic (exact) mass is 2110 g/mol. The first-order chi connectivity index (χ1) is 65.6. The van der Waals surface area contributed by atoms with Crippen LogP contribution < -0.4 is 32.1 Å². The number of esters is 3. The van der Waals surface area contributed by atoms with Crippen molar-refractivity contribution in [2.75, 3.05) is 20.3 Å². The van der Waals surface area contributed by atoms with Crippen molar-refractivity contribution in [3.05, 3.63) is 307 Å². The molecule has 11 aromatic rings. The summed E-state index contributed by atoms with van der Waals surface area (Å²) in [7, 11) is -8.76. The van der Waals surface area contributed by atoms with E-state index >= 15 is 0 Å². The van der Waals surface area contributed by atoms with Crippen LogP contribution in [0.25, 0.3) is 11.3 Å². The number of carbonyl (C=O) groups is 3. The van der Waals surface area contributed by atoms with Gasteiger partial charge in [-0.15, -0.1) is 11.3 Å². The lowest BCUT2D eigenvalue weighted by Crippen LogP contribution is -3.34. The maximum Gasteiger partial charge on any atom is 0.364 e. The molecule has 2 aromatic heterocycles. The number of methoxy groups -OCH3 is 1. The van der Waals surface area contributed by atoms with E-state index in [1.54, 1.807) is 79.2 Å². The van der Waals surface area contributed by atoms with Crippen molar-refractivity contribution >= 4 is 62.1 Å². The summed E-state index contributed by atoms with van der Waals surface area (Å²) in [6.45, 7) is 40.6. The molecule has 27 heteroatoms. The van der Waals surface area contributed by atoms with Crippen molar-refractivity contribution in [1.82, 2.24) is 9.97 Å². The van der Waals surface area contributed by atoms with Crippen molar-refractivity contribution in [2.24, 2.45) is 0 Å². The Morgan fingerprint density at radius 3 is 1.35 bits per heavy atom. The number of benzene rings is 9. The number of hydrogen-bond donors (Lipinski definition) is 2. The molecule has 12 rings (SSSR count). The third-order valence-corrected chi connectivity index (χ3v) is 27.4. The summed E-state index contributed by atoms with van der Waals surface area (Å²) < 4.78 is 134. The zero-order valence-electron chi connectivity index (χ0n) is 84.9. The number of phenols is 2. The number of halogens is 4. The standard InChI is InChI=1S/C18H26O2.C16H21F3O6S.C15H22O2.C13H15NO.C10H14O3S.2C10H14O.C7H8IO.C7H11NS.C6H6S/c1-4-14(2)15-8-10-16(11-9-15)17(19)20-18(3)12-6-5-7-13-18;1-3-11(2)12-4-6-13(7-5-12)25-10-15(20)24-9-8-14(17)16(18,19)26(21,22)23;1-6-11(2)12-8-7-9-13(10-12)14(16)17-15(3,4)5;1-3-10(2)13-14-9-12(15-13)11-7-5-4-6-8-11;1-3-8(2)9-4-6-10(7-5-9)14(11,12)13;2*1-3-8(2)9-4-6-10(11)7-5-9;1-9-7-4-2-6(8)3-5-7;1-3-6(2)7-8-4-5-9-7;7-6-4-2-1-3-5-6/h8-11,14H,4-7,12-13H2,1-3H3;4-7,11,14H,3,8-10H2,1-2H3,(H,21,22,23);7-11H,6H2,1-5H3;4-10H,3H2,1-2H3;4-8H,3H2,1-2H3,(H,11,12,13);2*4-8,11H,3H2,1-2H3;2-5,8H,1H3;4-6H,3H2,1-2H3;1-5,7H/q;;;;;;;+1;;/p-1. The van der Waals surface area contributed by atoms with E-state index in [1.807, 2.05) is 213 Å². The van der Waals surface area contributed by atoms with Gasteiger partial charge in [0, 0.05) is 35.4 Å². The van der Waals surface area contributed by atoms with Gasteiger partial charge in [-0.05, 0) is 295 Å². The summed E-state index contributed by atoms with van der Waals surface area (Å²) in [5.41, 5.74) is 8.92. The molecule has 0 aliphatic heterocycles. The Labute approximate surface area is 850 Å². The van der Waals surface area contributed by atoms with Gasteiger partial charge in [0.1, 0.15) is 49.2 Å². The summed E-state index contributed by atoms with van der Waals surface area (Å²) in [6.07, 6.45) is 13.5. The number of aromatic nitrogens is 2. The number of carbonyl (C=O) groups excluding carboxylic acids is 3. The highest BCUT2D eigenvalue weighted by atomic mass is 127. The number of phenolic OH excluding ortho intramolecular Hbond substituents is 2. The minimum Gasteiger partial charge on any atom is -0.744 e. The van der Waals surface area contributed by atoms with Crippen molar-refractivity contribution in [3.63, 3.8) is 0 Å². The van der Waals surface area contributed by atoms with Crippen molar-refractivity contribution in [1.29, 1.82) is 0 Å². The number of nitrogens with zero attached hydrogens (tertiary/aromatic N) is 2. The lowest BCUT2D eigenvalue weighted by molar-refractivity contribution is -0.328. The van der Waals surface area contributed by atoms with Gasteiger partial charge in [-0.3, -0.25) is 0 Å². The van der Waals surface area contributed by atoms with Gasteiger partial charge in [-0.25, -0.2) is 45.6 Å². The molecule has 139 heavy (non-hydrogen) atoms. The van der Waals surface area contributed by atoms with Gasteiger partial charge in [0.05, 0.1) is 40.9 Å². The van der Waals surface area contributed by atoms with Crippen LogP contribution in [0.3, 0.4) is 0 Å². The van der Waals surface area contributed by atoms with Crippen LogP contribution in [-0.4, -0.2) is 107 Å². The van der Waals surface area contributed by atoms with Gasteiger partial charge in [0.15, 0.2) is 38.1 Å². The summed E-state index contributed by atoms with van der Waals surface area (Å²) in [5.74, 6) is 6.30. The fourth-order valence-corrected chi connectivity index (χ4v) is 15.0. The average Bonchev–Trinajstić information content (AvgIpc) is 1.36. The number of oxazole rings is 1. The molecular weight excluding hydrogens is 1960 g/mol. The molecule has 19 nitrogen and oxygen atoms in total. The maximum absolute atomic E-state index is 13.2. The summed E-state index contributed by atoms with van der Waals surface area (Å²) in [5, 5.41) is 16.2. The predicted molar refractivity (Wildman–Crippen MR) is 554 cm³/mol. The largest absolute Gasteiger partial charge is 0.744 e. The molecule has 2 heterocycles. The first-order valence-electron chi connectivity index (χ1n) is 47.8. The molecule has 1 fully saturated rings. The van der Waals surface area contributed by atoms with Gasteiger partial charge in [0.2, 0.25) is 0 Å². The molecule has 9 atom stereocenters. The molecule has 0 bridgehead atoms. The molecule has 1 saturated carbocycles. The van der Waals surface area contributed by atoms with Gasteiger partial charge in [0.25, 0.3) is 22.6 Å². The second-order valence-corrected chi connectivity index (χ2v) is 41.2. The van der Waals surface area contributed by atoms with E-state index in [4.69, 9.17) is 33.6 Å². The Bertz CT molecular complexity index is 5390. The van der Waals surface area contributed by atoms with Crippen LogP contribution in [0, 0.1) is 3.57 Å². The Morgan fingerprint density at radius 1 is 0.525 bits per heavy atom. The van der Waals surface area contributed by atoms with E-state index in [0.717, 1.165) is 110 Å². The number of hydrogen-bond acceptors (Lipinski definition) is 20. The van der Waals surface area contributed by atoms with E-state index in [-0.39, 0.29) is 22.4 Å². The highest BCUT2D eigenvalue weighted by molar-refractivity contribution is 7.86. The van der Waals surface area contributed by atoms with Crippen LogP contribution in [0.4, 0.5) is 13.2 Å². The SMILES string of the molecule is CCC(C)c1ccc(C(=O)OC2(C)CCCCC2)cc1.CCC(C)c1ccc(O)cc1.CCC(C)c1ccc(O)cc1.CCC(C)c1ccc(OCC(=O)OCCC(F)C(F)(F)S(=O)(=O)[O-])cc1.CCC(C)c1ccc(S(=O)(=O)[O-])cc1.CCC(C)c1cccc(C(=O)OC(C)(C)C)c1.CCC(C)c1ncc(-c2ccccc2)o1.CCC(C)c1nccs1.COc1ccc([IH+])cc1.[SH2+]c1ccccc1. The molecule has 9 aromatic carbocycles. The fourth-order valence-electron chi connectivity index (χ4n) is 12.7. The lowest BCUT2D eigenvalue weighted by atomic mass is 9.86. The first kappa shape index (κ1) is 123. The summed E-state index contributed by atoms with van der Waals surface area (Å²) >= 11 is 7.09. The zero-order valence-corrected chi connectivity index (χ0v) is 90.6.